The van der Waals surface area contributed by atoms with E-state index in [4.69, 9.17) is 10.8 Å². The van der Waals surface area contributed by atoms with Gasteiger partial charge in [0.15, 0.2) is 0 Å². The molecule has 1 saturated carbocycles. The van der Waals surface area contributed by atoms with E-state index in [0.717, 1.165) is 25.2 Å². The first kappa shape index (κ1) is 25.5. The van der Waals surface area contributed by atoms with Crippen LogP contribution in [0.3, 0.4) is 0 Å². The third-order valence-electron chi connectivity index (χ3n) is 5.93. The summed E-state index contributed by atoms with van der Waals surface area (Å²) in [5.41, 5.74) is 5.30. The summed E-state index contributed by atoms with van der Waals surface area (Å²) >= 11 is 0. The quantitative estimate of drug-likeness (QED) is 0.182. The molecule has 0 bridgehead atoms. The maximum atomic E-state index is 11.6. The van der Waals surface area contributed by atoms with Gasteiger partial charge in [-0.2, -0.15) is 0 Å². The van der Waals surface area contributed by atoms with Gasteiger partial charge in [-0.15, -0.1) is 0 Å². The van der Waals surface area contributed by atoms with Crippen LogP contribution in [0.25, 0.3) is 0 Å². The summed E-state index contributed by atoms with van der Waals surface area (Å²) in [4.78, 5) is 11.6. The topological polar surface area (TPSA) is 128 Å². The molecule has 0 radical (unpaired) electrons. The zero-order chi connectivity index (χ0) is 20.9. The molecule has 0 amide bonds. The van der Waals surface area contributed by atoms with Crippen LogP contribution in [0.1, 0.15) is 84.5 Å². The van der Waals surface area contributed by atoms with E-state index in [1.165, 1.54) is 39.0 Å². The van der Waals surface area contributed by atoms with E-state index >= 15 is 0 Å². The van der Waals surface area contributed by atoms with Crippen LogP contribution in [0.2, 0.25) is 0 Å². The number of rotatable bonds is 15. The van der Waals surface area contributed by atoms with Crippen molar-refractivity contribution >= 4 is 5.78 Å². The van der Waals surface area contributed by atoms with Crippen molar-refractivity contribution in [2.24, 2.45) is 17.6 Å². The van der Waals surface area contributed by atoms with Crippen molar-refractivity contribution in [1.82, 2.24) is 10.6 Å². The van der Waals surface area contributed by atoms with Crippen molar-refractivity contribution in [2.45, 2.75) is 109 Å². The van der Waals surface area contributed by atoms with Gasteiger partial charge in [0.2, 0.25) is 0 Å². The van der Waals surface area contributed by atoms with Crippen LogP contribution >= 0.6 is 0 Å². The molecule has 0 saturated heterocycles. The molecule has 166 valence electrons. The minimum Gasteiger partial charge on any atom is -0.379 e. The Morgan fingerprint density at radius 3 is 2.36 bits per heavy atom. The molecule has 1 aliphatic carbocycles. The number of nitrogens with two attached hydrogens (primary N) is 1. The van der Waals surface area contributed by atoms with E-state index < -0.39 is 24.7 Å². The Labute approximate surface area is 170 Å². The van der Waals surface area contributed by atoms with Gasteiger partial charge in [-0.3, -0.25) is 15.4 Å². The number of hydrogen-bond donors (Lipinski definition) is 6. The Morgan fingerprint density at radius 2 is 1.75 bits per heavy atom. The number of hydrogen-bond acceptors (Lipinski definition) is 7. The van der Waals surface area contributed by atoms with Crippen molar-refractivity contribution in [3.05, 3.63) is 0 Å². The van der Waals surface area contributed by atoms with Crippen LogP contribution in [0.4, 0.5) is 0 Å². The maximum Gasteiger partial charge on any atom is 0.131 e. The number of aliphatic hydroxyl groups is 3. The molecule has 0 aromatic carbocycles. The first-order valence-corrected chi connectivity index (χ1v) is 11.1. The zero-order valence-corrected chi connectivity index (χ0v) is 17.8. The fourth-order valence-corrected chi connectivity index (χ4v) is 4.13. The van der Waals surface area contributed by atoms with Crippen LogP contribution in [-0.2, 0) is 4.79 Å². The molecule has 7 nitrogen and oxygen atoms in total. The van der Waals surface area contributed by atoms with Gasteiger partial charge in [0.25, 0.3) is 0 Å². The second-order valence-electron chi connectivity index (χ2n) is 8.61. The summed E-state index contributed by atoms with van der Waals surface area (Å²) in [6.07, 6.45) is 7.86. The van der Waals surface area contributed by atoms with E-state index in [9.17, 15) is 15.0 Å². The number of aliphatic hydroxyl groups excluding tert-OH is 3. The predicted octanol–water partition coefficient (Wildman–Crippen LogP) is 1.59. The van der Waals surface area contributed by atoms with Crippen LogP contribution < -0.4 is 16.4 Å². The SMILES string of the molecule is CC(=O)C[C@H](NC(O)CC[C@H](C)C1CCCCC1)C(O)NCCCCC(N)O. The molecule has 7 N–H and O–H groups in total. The third kappa shape index (κ3) is 11.4. The van der Waals surface area contributed by atoms with Crippen LogP contribution in [0, 0.1) is 11.8 Å². The molecule has 0 aliphatic heterocycles. The Kier molecular flexibility index (Phi) is 13.1. The van der Waals surface area contributed by atoms with E-state index in [-0.39, 0.29) is 12.2 Å². The monoisotopic (exact) mass is 401 g/mol. The van der Waals surface area contributed by atoms with Crippen molar-refractivity contribution < 1.29 is 20.1 Å². The molecular formula is C21H43N3O4. The van der Waals surface area contributed by atoms with Gasteiger partial charge in [0, 0.05) is 6.42 Å². The van der Waals surface area contributed by atoms with Crippen LogP contribution in [0.5, 0.6) is 0 Å². The molecule has 0 spiro atoms. The second-order valence-corrected chi connectivity index (χ2v) is 8.61. The highest BCUT2D eigenvalue weighted by Gasteiger charge is 2.24. The third-order valence-corrected chi connectivity index (χ3v) is 5.93. The summed E-state index contributed by atoms with van der Waals surface area (Å²) in [6.45, 7) is 4.31. The van der Waals surface area contributed by atoms with Crippen LogP contribution in [0.15, 0.2) is 0 Å². The standard InChI is InChI=1S/C21H43N3O4/c1-15(17-8-4-3-5-9-17)11-12-20(27)24-18(14-16(2)25)21(28)23-13-7-6-10-19(22)26/h15,17-21,23-24,26-28H,3-14,22H2,1-2H3/t15-,18-,19?,20?,21?/m0/s1. The van der Waals surface area contributed by atoms with Gasteiger partial charge in [-0.1, -0.05) is 39.0 Å². The minimum atomic E-state index is -0.919. The first-order chi connectivity index (χ1) is 13.3. The zero-order valence-electron chi connectivity index (χ0n) is 17.8. The van der Waals surface area contributed by atoms with Gasteiger partial charge in [-0.25, -0.2) is 0 Å². The van der Waals surface area contributed by atoms with E-state index in [1.54, 1.807) is 0 Å². The fourth-order valence-electron chi connectivity index (χ4n) is 4.13. The van der Waals surface area contributed by atoms with Crippen LogP contribution in [-0.4, -0.2) is 52.4 Å². The molecule has 0 aromatic rings. The van der Waals surface area contributed by atoms with Crippen molar-refractivity contribution in [3.8, 4) is 0 Å². The highest BCUT2D eigenvalue weighted by molar-refractivity contribution is 5.76. The smallest absolute Gasteiger partial charge is 0.131 e. The summed E-state index contributed by atoms with van der Waals surface area (Å²) in [5.74, 6) is 1.31. The summed E-state index contributed by atoms with van der Waals surface area (Å²) in [5, 5.41) is 35.9. The first-order valence-electron chi connectivity index (χ1n) is 11.1. The number of carbonyl (C=O) groups is 1. The Hall–Kier alpha value is -0.570. The molecule has 0 heterocycles. The number of Topliss-reactive ketones (excluding diaryl/α,β-unsaturated/α-hetero) is 1. The number of nitrogens with one attached hydrogen (secondary N) is 2. The molecule has 3 unspecified atom stereocenters. The van der Waals surface area contributed by atoms with Gasteiger partial charge in [0.05, 0.1) is 6.04 Å². The molecular weight excluding hydrogens is 358 g/mol. The lowest BCUT2D eigenvalue weighted by Crippen LogP contribution is -2.52. The van der Waals surface area contributed by atoms with E-state index in [2.05, 4.69) is 17.6 Å². The Balaban J connectivity index is 2.35. The molecule has 28 heavy (non-hydrogen) atoms. The lowest BCUT2D eigenvalue weighted by atomic mass is 9.79. The van der Waals surface area contributed by atoms with Gasteiger partial charge >= 0.3 is 0 Å². The molecule has 7 heteroatoms. The van der Waals surface area contributed by atoms with Gasteiger partial charge in [-0.05, 0) is 57.4 Å². The lowest BCUT2D eigenvalue weighted by Gasteiger charge is -2.30. The molecule has 0 aromatic heterocycles. The normalized spacial score (nSPS) is 21.1. The van der Waals surface area contributed by atoms with Crippen molar-refractivity contribution in [3.63, 3.8) is 0 Å². The maximum absolute atomic E-state index is 11.6. The van der Waals surface area contributed by atoms with E-state index in [0.29, 0.717) is 25.3 Å². The Bertz CT molecular complexity index is 416. The molecule has 1 rings (SSSR count). The lowest BCUT2D eigenvalue weighted by molar-refractivity contribution is -0.118. The van der Waals surface area contributed by atoms with Gasteiger partial charge < -0.3 is 21.1 Å². The minimum absolute atomic E-state index is 0.0348. The molecule has 1 aliphatic rings. The average Bonchev–Trinajstić information content (AvgIpc) is 2.65. The second kappa shape index (κ2) is 14.4. The summed E-state index contributed by atoms with van der Waals surface area (Å²) in [6, 6.07) is -0.530. The number of unbranched alkanes of at least 4 members (excludes halogenated alkanes) is 1. The average molecular weight is 402 g/mol. The summed E-state index contributed by atoms with van der Waals surface area (Å²) < 4.78 is 0. The fraction of sp³-hybridized carbons (Fsp3) is 0.952. The molecule has 5 atom stereocenters. The van der Waals surface area contributed by atoms with Gasteiger partial charge in [0.1, 0.15) is 24.5 Å². The van der Waals surface area contributed by atoms with E-state index in [1.807, 2.05) is 0 Å². The van der Waals surface area contributed by atoms with Crippen molar-refractivity contribution in [2.75, 3.05) is 6.54 Å². The van der Waals surface area contributed by atoms with Crippen molar-refractivity contribution in [1.29, 1.82) is 0 Å². The highest BCUT2D eigenvalue weighted by atomic mass is 16.3. The number of ketones is 1. The Morgan fingerprint density at radius 1 is 1.07 bits per heavy atom. The highest BCUT2D eigenvalue weighted by Crippen LogP contribution is 2.32. The predicted molar refractivity (Wildman–Crippen MR) is 111 cm³/mol. The summed E-state index contributed by atoms with van der Waals surface area (Å²) in [7, 11) is 0. The number of carbonyl (C=O) groups excluding carboxylic acids is 1. The molecule has 1 fully saturated rings. The largest absolute Gasteiger partial charge is 0.379 e.